The van der Waals surface area contributed by atoms with Gasteiger partial charge in [0.1, 0.15) is 0 Å². The zero-order valence-corrected chi connectivity index (χ0v) is 15.2. The number of rotatable bonds is 6. The highest BCUT2D eigenvalue weighted by Gasteiger charge is 2.16. The lowest BCUT2D eigenvalue weighted by molar-refractivity contribution is -0.120. The number of hydrazone groups is 1. The molecular formula is C20H17N5O4. The lowest BCUT2D eigenvalue weighted by atomic mass is 10.1. The van der Waals surface area contributed by atoms with Crippen LogP contribution in [0.5, 0.6) is 11.5 Å². The van der Waals surface area contributed by atoms with Crippen LogP contribution in [0.25, 0.3) is 11.3 Å². The predicted molar refractivity (Wildman–Crippen MR) is 105 cm³/mol. The van der Waals surface area contributed by atoms with E-state index in [0.29, 0.717) is 17.1 Å². The SMILES string of the molecule is O=C(CNC(=O)c1ccc2c(c1)OCO2)N/N=C/c1cn[nH]c1-c1ccccc1. The van der Waals surface area contributed by atoms with Crippen LogP contribution in [-0.2, 0) is 4.79 Å². The number of nitrogens with zero attached hydrogens (tertiary/aromatic N) is 2. The smallest absolute Gasteiger partial charge is 0.259 e. The molecule has 0 bridgehead atoms. The molecule has 1 aromatic heterocycles. The van der Waals surface area contributed by atoms with Crippen LogP contribution in [0, 0.1) is 0 Å². The molecule has 0 radical (unpaired) electrons. The molecule has 4 rings (SSSR count). The molecule has 0 atom stereocenters. The average molecular weight is 391 g/mol. The summed E-state index contributed by atoms with van der Waals surface area (Å²) in [5, 5.41) is 13.4. The van der Waals surface area contributed by atoms with Gasteiger partial charge in [-0.25, -0.2) is 5.43 Å². The van der Waals surface area contributed by atoms with Crippen molar-refractivity contribution < 1.29 is 19.1 Å². The van der Waals surface area contributed by atoms with Gasteiger partial charge in [-0.1, -0.05) is 30.3 Å². The van der Waals surface area contributed by atoms with E-state index in [2.05, 4.69) is 26.0 Å². The summed E-state index contributed by atoms with van der Waals surface area (Å²) in [7, 11) is 0. The van der Waals surface area contributed by atoms with Crippen LogP contribution in [0.3, 0.4) is 0 Å². The van der Waals surface area contributed by atoms with Crippen molar-refractivity contribution in [3.05, 3.63) is 65.9 Å². The van der Waals surface area contributed by atoms with Gasteiger partial charge in [-0.2, -0.15) is 10.2 Å². The molecule has 146 valence electrons. The molecule has 2 aromatic carbocycles. The number of nitrogens with one attached hydrogen (secondary N) is 3. The summed E-state index contributed by atoms with van der Waals surface area (Å²) < 4.78 is 10.4. The minimum Gasteiger partial charge on any atom is -0.454 e. The Morgan fingerprint density at radius 3 is 2.83 bits per heavy atom. The summed E-state index contributed by atoms with van der Waals surface area (Å²) in [5.41, 5.74) is 5.22. The molecule has 9 nitrogen and oxygen atoms in total. The standard InChI is InChI=1S/C20H17N5O4/c26-18(11-21-20(27)14-6-7-16-17(8-14)29-12-28-16)24-22-9-15-10-23-25-19(15)13-4-2-1-3-5-13/h1-10H,11-12H2,(H,21,27)(H,23,25)(H,24,26)/b22-9+. The number of H-pyrrole nitrogens is 1. The van der Waals surface area contributed by atoms with E-state index in [4.69, 9.17) is 9.47 Å². The molecular weight excluding hydrogens is 374 g/mol. The highest BCUT2D eigenvalue weighted by molar-refractivity contribution is 5.97. The molecule has 9 heteroatoms. The minimum atomic E-state index is -0.458. The topological polar surface area (TPSA) is 118 Å². The van der Waals surface area contributed by atoms with Crippen molar-refractivity contribution in [2.24, 2.45) is 5.10 Å². The number of carbonyl (C=O) groups excluding carboxylic acids is 2. The summed E-state index contributed by atoms with van der Waals surface area (Å²) in [6.45, 7) is -0.0923. The van der Waals surface area contributed by atoms with Crippen LogP contribution >= 0.6 is 0 Å². The minimum absolute atomic E-state index is 0.128. The second-order valence-electron chi connectivity index (χ2n) is 6.11. The van der Waals surface area contributed by atoms with Crippen LogP contribution in [-0.4, -0.2) is 41.6 Å². The van der Waals surface area contributed by atoms with E-state index in [1.807, 2.05) is 30.3 Å². The number of carbonyl (C=O) groups is 2. The number of aromatic amines is 1. The number of hydrogen-bond acceptors (Lipinski definition) is 6. The highest BCUT2D eigenvalue weighted by atomic mass is 16.7. The first-order valence-electron chi connectivity index (χ1n) is 8.79. The molecule has 3 aromatic rings. The van der Waals surface area contributed by atoms with Gasteiger partial charge in [-0.05, 0) is 18.2 Å². The zero-order valence-electron chi connectivity index (χ0n) is 15.2. The van der Waals surface area contributed by atoms with Crippen LogP contribution < -0.4 is 20.2 Å². The molecule has 0 saturated heterocycles. The number of ether oxygens (including phenoxy) is 2. The molecule has 3 N–H and O–H groups in total. The maximum atomic E-state index is 12.2. The predicted octanol–water partition coefficient (Wildman–Crippen LogP) is 1.69. The highest BCUT2D eigenvalue weighted by Crippen LogP contribution is 2.32. The van der Waals surface area contributed by atoms with Crippen LogP contribution in [0.2, 0.25) is 0 Å². The van der Waals surface area contributed by atoms with Gasteiger partial charge < -0.3 is 14.8 Å². The molecule has 0 unspecified atom stereocenters. The quantitative estimate of drug-likeness (QED) is 0.437. The third kappa shape index (κ3) is 4.24. The first-order chi connectivity index (χ1) is 14.2. The Bertz CT molecular complexity index is 1060. The molecule has 0 spiro atoms. The van der Waals surface area contributed by atoms with E-state index in [9.17, 15) is 9.59 Å². The molecule has 1 aliphatic rings. The van der Waals surface area contributed by atoms with Crippen molar-refractivity contribution in [2.45, 2.75) is 0 Å². The monoisotopic (exact) mass is 391 g/mol. The Labute approximate surface area is 165 Å². The fraction of sp³-hybridized carbons (Fsp3) is 0.100. The molecule has 0 saturated carbocycles. The third-order valence-electron chi connectivity index (χ3n) is 4.17. The van der Waals surface area contributed by atoms with Gasteiger partial charge in [-0.3, -0.25) is 14.7 Å². The molecule has 0 fully saturated rings. The lowest BCUT2D eigenvalue weighted by Crippen LogP contribution is -2.34. The summed E-state index contributed by atoms with van der Waals surface area (Å²) in [5.74, 6) is 0.229. The second kappa shape index (κ2) is 8.26. The Morgan fingerprint density at radius 1 is 1.14 bits per heavy atom. The molecule has 2 amide bonds. The Kier molecular flexibility index (Phi) is 5.19. The maximum absolute atomic E-state index is 12.2. The third-order valence-corrected chi connectivity index (χ3v) is 4.17. The van der Waals surface area contributed by atoms with Crippen molar-refractivity contribution in [2.75, 3.05) is 13.3 Å². The van der Waals surface area contributed by atoms with Gasteiger partial charge in [0.15, 0.2) is 11.5 Å². The van der Waals surface area contributed by atoms with E-state index in [-0.39, 0.29) is 13.3 Å². The summed E-state index contributed by atoms with van der Waals surface area (Å²) in [6, 6.07) is 14.5. The fourth-order valence-electron chi connectivity index (χ4n) is 2.74. The second-order valence-corrected chi connectivity index (χ2v) is 6.11. The van der Waals surface area contributed by atoms with Crippen molar-refractivity contribution in [3.8, 4) is 22.8 Å². The normalized spacial score (nSPS) is 12.1. The number of hydrogen-bond donors (Lipinski definition) is 3. The lowest BCUT2D eigenvalue weighted by Gasteiger charge is -2.05. The molecule has 1 aliphatic heterocycles. The molecule has 0 aliphatic carbocycles. The number of aromatic nitrogens is 2. The Morgan fingerprint density at radius 2 is 1.97 bits per heavy atom. The van der Waals surface area contributed by atoms with Gasteiger partial charge in [-0.15, -0.1) is 0 Å². The molecule has 2 heterocycles. The number of fused-ring (bicyclic) bond motifs is 1. The van der Waals surface area contributed by atoms with Crippen molar-refractivity contribution >= 4 is 18.0 Å². The van der Waals surface area contributed by atoms with Gasteiger partial charge >= 0.3 is 0 Å². The van der Waals surface area contributed by atoms with Crippen molar-refractivity contribution in [3.63, 3.8) is 0 Å². The average Bonchev–Trinajstić information content (AvgIpc) is 3.41. The van der Waals surface area contributed by atoms with Gasteiger partial charge in [0.25, 0.3) is 11.8 Å². The molecule has 29 heavy (non-hydrogen) atoms. The van der Waals surface area contributed by atoms with E-state index in [1.165, 1.54) is 6.21 Å². The number of benzene rings is 2. The Hall–Kier alpha value is -4.14. The largest absolute Gasteiger partial charge is 0.454 e. The fourth-order valence-corrected chi connectivity index (χ4v) is 2.74. The van der Waals surface area contributed by atoms with Gasteiger partial charge in [0.2, 0.25) is 6.79 Å². The van der Waals surface area contributed by atoms with Gasteiger partial charge in [0, 0.05) is 16.7 Å². The summed E-state index contributed by atoms with van der Waals surface area (Å²) >= 11 is 0. The summed E-state index contributed by atoms with van der Waals surface area (Å²) in [6.07, 6.45) is 3.10. The van der Waals surface area contributed by atoms with E-state index in [1.54, 1.807) is 24.4 Å². The van der Waals surface area contributed by atoms with Gasteiger partial charge in [0.05, 0.1) is 24.7 Å². The first kappa shape index (κ1) is 18.2. The van der Waals surface area contributed by atoms with Crippen molar-refractivity contribution in [1.82, 2.24) is 20.9 Å². The Balaban J connectivity index is 1.30. The maximum Gasteiger partial charge on any atom is 0.259 e. The van der Waals surface area contributed by atoms with E-state index >= 15 is 0 Å². The first-order valence-corrected chi connectivity index (χ1v) is 8.79. The van der Waals surface area contributed by atoms with Crippen LogP contribution in [0.4, 0.5) is 0 Å². The van der Waals surface area contributed by atoms with E-state index < -0.39 is 11.8 Å². The van der Waals surface area contributed by atoms with E-state index in [0.717, 1.165) is 16.8 Å². The van der Waals surface area contributed by atoms with Crippen LogP contribution in [0.15, 0.2) is 59.8 Å². The summed E-state index contributed by atoms with van der Waals surface area (Å²) in [4.78, 5) is 24.1. The number of amides is 2. The zero-order chi connectivity index (χ0) is 20.1. The van der Waals surface area contributed by atoms with Crippen molar-refractivity contribution in [1.29, 1.82) is 0 Å². The van der Waals surface area contributed by atoms with Crippen LogP contribution in [0.1, 0.15) is 15.9 Å².